The van der Waals surface area contributed by atoms with E-state index in [-0.39, 0.29) is 16.9 Å². The highest BCUT2D eigenvalue weighted by molar-refractivity contribution is 6.30. The first-order valence-corrected chi connectivity index (χ1v) is 7.08. The van der Waals surface area contributed by atoms with Gasteiger partial charge in [0, 0.05) is 6.04 Å². The lowest BCUT2D eigenvalue weighted by Crippen LogP contribution is -2.42. The quantitative estimate of drug-likeness (QED) is 0.905. The molecule has 2 aliphatic rings. The molecule has 0 aromatic heterocycles. The lowest BCUT2D eigenvalue weighted by Gasteiger charge is -2.32. The first-order valence-electron chi connectivity index (χ1n) is 6.70. The number of halogens is 2. The van der Waals surface area contributed by atoms with Gasteiger partial charge in [0.1, 0.15) is 5.82 Å². The Bertz CT molecular complexity index is 511. The number of benzene rings is 1. The minimum atomic E-state index is -0.379. The smallest absolute Gasteiger partial charge is 0.192 e. The molecule has 1 fully saturated rings. The van der Waals surface area contributed by atoms with Gasteiger partial charge in [-0.15, -0.1) is 0 Å². The number of hydrogen-bond acceptors (Lipinski definition) is 3. The van der Waals surface area contributed by atoms with Crippen LogP contribution < -0.4 is 5.73 Å². The van der Waals surface area contributed by atoms with Crippen LogP contribution in [-0.4, -0.2) is 23.4 Å². The predicted octanol–water partition coefficient (Wildman–Crippen LogP) is 3.09. The summed E-state index contributed by atoms with van der Waals surface area (Å²) >= 11 is 5.74. The summed E-state index contributed by atoms with van der Waals surface area (Å²) < 4.78 is 13.6. The highest BCUT2D eigenvalue weighted by atomic mass is 35.5. The van der Waals surface area contributed by atoms with Crippen LogP contribution in [-0.2, 0) is 0 Å². The summed E-state index contributed by atoms with van der Waals surface area (Å²) in [6.07, 6.45) is 4.75. The first-order chi connectivity index (χ1) is 9.16. The van der Waals surface area contributed by atoms with Gasteiger partial charge in [0.25, 0.3) is 0 Å². The van der Waals surface area contributed by atoms with Crippen LogP contribution in [0.15, 0.2) is 23.2 Å². The van der Waals surface area contributed by atoms with Crippen LogP contribution >= 0.6 is 11.6 Å². The van der Waals surface area contributed by atoms with E-state index in [1.807, 2.05) is 6.07 Å². The molecule has 0 radical (unpaired) electrons. The van der Waals surface area contributed by atoms with Crippen LogP contribution in [0.3, 0.4) is 0 Å². The lowest BCUT2D eigenvalue weighted by atomic mass is 10.0. The summed E-state index contributed by atoms with van der Waals surface area (Å²) in [7, 11) is 0. The topological polar surface area (TPSA) is 41.6 Å². The molecule has 1 aromatic rings. The van der Waals surface area contributed by atoms with E-state index >= 15 is 0 Å². The van der Waals surface area contributed by atoms with E-state index in [1.165, 1.54) is 18.9 Å². The van der Waals surface area contributed by atoms with Crippen molar-refractivity contribution in [2.45, 2.75) is 37.8 Å². The van der Waals surface area contributed by atoms with Crippen LogP contribution in [0.1, 0.15) is 37.3 Å². The predicted molar refractivity (Wildman–Crippen MR) is 74.7 cm³/mol. The van der Waals surface area contributed by atoms with Crippen molar-refractivity contribution in [1.29, 1.82) is 0 Å². The third-order valence-electron chi connectivity index (χ3n) is 4.07. The number of nitrogens with zero attached hydrogens (tertiary/aromatic N) is 2. The Balaban J connectivity index is 1.88. The number of rotatable bonds is 2. The summed E-state index contributed by atoms with van der Waals surface area (Å²) in [5, 5.41) is 0.156. The molecule has 102 valence electrons. The maximum absolute atomic E-state index is 13.6. The molecule has 1 heterocycles. The molecule has 0 bridgehead atoms. The monoisotopic (exact) mass is 281 g/mol. The van der Waals surface area contributed by atoms with Gasteiger partial charge in [0.05, 0.1) is 17.6 Å². The molecule has 0 amide bonds. The Labute approximate surface area is 117 Å². The molecular formula is C14H17ClFN3. The van der Waals surface area contributed by atoms with Gasteiger partial charge in [-0.1, -0.05) is 30.5 Å². The average Bonchev–Trinajstić information content (AvgIpc) is 3.01. The third-order valence-corrected chi connectivity index (χ3v) is 4.38. The molecule has 3 nitrogen and oxygen atoms in total. The van der Waals surface area contributed by atoms with Crippen molar-refractivity contribution in [1.82, 2.24) is 4.90 Å². The summed E-state index contributed by atoms with van der Waals surface area (Å²) in [5.74, 6) is 0.211. The van der Waals surface area contributed by atoms with Crippen molar-refractivity contribution in [3.63, 3.8) is 0 Å². The standard InChI is InChI=1S/C14H17ClFN3/c15-11-6-5-9(7-12(11)16)13-8-18-14(17)19(13)10-3-1-2-4-10/h5-7,10,13H,1-4,8H2,(H2,17,18). The fourth-order valence-electron chi connectivity index (χ4n) is 3.12. The Hall–Kier alpha value is -1.29. The van der Waals surface area contributed by atoms with Gasteiger partial charge in [-0.05, 0) is 30.5 Å². The fourth-order valence-corrected chi connectivity index (χ4v) is 3.24. The van der Waals surface area contributed by atoms with Gasteiger partial charge in [-0.3, -0.25) is 4.99 Å². The van der Waals surface area contributed by atoms with Crippen LogP contribution in [0, 0.1) is 5.82 Å². The van der Waals surface area contributed by atoms with Crippen LogP contribution in [0.4, 0.5) is 4.39 Å². The van der Waals surface area contributed by atoms with E-state index in [0.29, 0.717) is 18.5 Å². The molecule has 1 aliphatic carbocycles. The SMILES string of the molecule is NC1=NCC(c2ccc(Cl)c(F)c2)N1C1CCCC1. The normalized spacial score (nSPS) is 24.0. The van der Waals surface area contributed by atoms with Gasteiger partial charge in [-0.25, -0.2) is 4.39 Å². The van der Waals surface area contributed by atoms with E-state index in [1.54, 1.807) is 6.07 Å². The molecule has 19 heavy (non-hydrogen) atoms. The molecule has 3 rings (SSSR count). The van der Waals surface area contributed by atoms with Gasteiger partial charge in [0.2, 0.25) is 0 Å². The molecule has 2 N–H and O–H groups in total. The average molecular weight is 282 g/mol. The Morgan fingerprint density at radius 2 is 2.05 bits per heavy atom. The van der Waals surface area contributed by atoms with Crippen molar-refractivity contribution < 1.29 is 4.39 Å². The minimum absolute atomic E-state index is 0.0508. The highest BCUT2D eigenvalue weighted by Crippen LogP contribution is 2.34. The van der Waals surface area contributed by atoms with E-state index in [0.717, 1.165) is 18.4 Å². The minimum Gasteiger partial charge on any atom is -0.370 e. The zero-order valence-corrected chi connectivity index (χ0v) is 11.4. The zero-order valence-electron chi connectivity index (χ0n) is 10.6. The molecule has 1 unspecified atom stereocenters. The Morgan fingerprint density at radius 1 is 1.32 bits per heavy atom. The summed E-state index contributed by atoms with van der Waals surface area (Å²) in [6, 6.07) is 5.47. The van der Waals surface area contributed by atoms with Gasteiger partial charge < -0.3 is 10.6 Å². The summed E-state index contributed by atoms with van der Waals surface area (Å²) in [4.78, 5) is 6.50. The maximum Gasteiger partial charge on any atom is 0.192 e. The van der Waals surface area contributed by atoms with E-state index in [9.17, 15) is 4.39 Å². The van der Waals surface area contributed by atoms with E-state index < -0.39 is 0 Å². The van der Waals surface area contributed by atoms with Gasteiger partial charge >= 0.3 is 0 Å². The number of aliphatic imine (C=N–C) groups is 1. The van der Waals surface area contributed by atoms with Crippen LogP contribution in [0.5, 0.6) is 0 Å². The number of hydrogen-bond donors (Lipinski definition) is 1. The molecule has 0 saturated heterocycles. The Morgan fingerprint density at radius 3 is 2.74 bits per heavy atom. The van der Waals surface area contributed by atoms with Crippen molar-refractivity contribution in [3.8, 4) is 0 Å². The Kier molecular flexibility index (Phi) is 3.35. The lowest BCUT2D eigenvalue weighted by molar-refractivity contribution is 0.262. The molecule has 1 saturated carbocycles. The number of guanidine groups is 1. The molecular weight excluding hydrogens is 265 g/mol. The largest absolute Gasteiger partial charge is 0.370 e. The first kappa shape index (κ1) is 12.7. The highest BCUT2D eigenvalue weighted by Gasteiger charge is 2.34. The van der Waals surface area contributed by atoms with Crippen molar-refractivity contribution in [3.05, 3.63) is 34.6 Å². The summed E-state index contributed by atoms with van der Waals surface area (Å²) in [5.41, 5.74) is 6.91. The molecule has 0 spiro atoms. The maximum atomic E-state index is 13.6. The third kappa shape index (κ3) is 2.29. The van der Waals surface area contributed by atoms with E-state index in [4.69, 9.17) is 17.3 Å². The van der Waals surface area contributed by atoms with Crippen molar-refractivity contribution >= 4 is 17.6 Å². The zero-order chi connectivity index (χ0) is 13.4. The second kappa shape index (κ2) is 5.00. The van der Waals surface area contributed by atoms with Gasteiger partial charge in [-0.2, -0.15) is 0 Å². The second-order valence-corrected chi connectivity index (χ2v) is 5.64. The molecule has 1 aromatic carbocycles. The van der Waals surface area contributed by atoms with Crippen molar-refractivity contribution in [2.75, 3.05) is 6.54 Å². The van der Waals surface area contributed by atoms with Crippen LogP contribution in [0.2, 0.25) is 5.02 Å². The fraction of sp³-hybridized carbons (Fsp3) is 0.500. The second-order valence-electron chi connectivity index (χ2n) is 5.23. The summed E-state index contributed by atoms with van der Waals surface area (Å²) in [6.45, 7) is 0.601. The molecule has 1 atom stereocenters. The molecule has 1 aliphatic heterocycles. The van der Waals surface area contributed by atoms with Crippen LogP contribution in [0.25, 0.3) is 0 Å². The van der Waals surface area contributed by atoms with Gasteiger partial charge in [0.15, 0.2) is 5.96 Å². The molecule has 5 heteroatoms. The number of nitrogens with two attached hydrogens (primary N) is 1. The van der Waals surface area contributed by atoms with Crippen molar-refractivity contribution in [2.24, 2.45) is 10.7 Å². The van der Waals surface area contributed by atoms with E-state index in [2.05, 4.69) is 9.89 Å².